The largest absolute Gasteiger partial charge is 0.249 e. The molecule has 2 rings (SSSR count). The van der Waals surface area contributed by atoms with Crippen LogP contribution in [0.5, 0.6) is 0 Å². The number of rotatable bonds is 1. The summed E-state index contributed by atoms with van der Waals surface area (Å²) in [6.07, 6.45) is 0. The smallest absolute Gasteiger partial charge is 0.112 e. The predicted octanol–water partition coefficient (Wildman–Crippen LogP) is 4.68. The Kier molecular flexibility index (Phi) is 3.10. The molecule has 0 unspecified atom stereocenters. The second-order valence-corrected chi connectivity index (χ2v) is 6.32. The molecule has 0 aliphatic carbocycles. The van der Waals surface area contributed by atoms with Gasteiger partial charge in [-0.3, -0.25) is 0 Å². The van der Waals surface area contributed by atoms with Gasteiger partial charge < -0.3 is 0 Å². The molecule has 0 radical (unpaired) electrons. The third-order valence-corrected chi connectivity index (χ3v) is 3.16. The molecule has 14 heavy (non-hydrogen) atoms. The molecule has 0 atom stereocenters. The number of alkyl halides is 2. The molecule has 1 aromatic carbocycles. The lowest BCUT2D eigenvalue weighted by Gasteiger charge is -2.04. The summed E-state index contributed by atoms with van der Waals surface area (Å²) in [4.78, 5) is 4.45. The lowest BCUT2D eigenvalue weighted by molar-refractivity contribution is 1.23. The number of pyridine rings is 1. The average Bonchev–Trinajstić information content (AvgIpc) is 2.18. The molecule has 0 spiro atoms. The van der Waals surface area contributed by atoms with Gasteiger partial charge in [0.2, 0.25) is 0 Å². The van der Waals surface area contributed by atoms with E-state index in [0.29, 0.717) is 5.02 Å². The molecule has 0 aliphatic rings. The number of halogens is 3. The molecule has 0 aliphatic heterocycles. The van der Waals surface area contributed by atoms with Crippen molar-refractivity contribution in [2.45, 2.75) is 3.74 Å². The van der Waals surface area contributed by atoms with Crippen LogP contribution in [0.25, 0.3) is 10.9 Å². The number of para-hydroxylation sites is 1. The van der Waals surface area contributed by atoms with E-state index in [4.69, 9.17) is 11.6 Å². The molecule has 0 saturated heterocycles. The standard InChI is InChI=1S/C10H6Br2ClN/c11-10(12)8-5-4-6-2-1-3-7(13)9(6)14-8/h1-5,10H. The minimum absolute atomic E-state index is 0.0654. The van der Waals surface area contributed by atoms with Gasteiger partial charge in [-0.2, -0.15) is 0 Å². The maximum atomic E-state index is 6.04. The molecule has 0 amide bonds. The van der Waals surface area contributed by atoms with Gasteiger partial charge in [0.05, 0.1) is 16.2 Å². The maximum Gasteiger partial charge on any atom is 0.112 e. The number of benzene rings is 1. The third-order valence-electron chi connectivity index (χ3n) is 1.92. The van der Waals surface area contributed by atoms with Crippen LogP contribution in [0.15, 0.2) is 30.3 Å². The number of fused-ring (bicyclic) bond motifs is 1. The molecular weight excluding hydrogens is 329 g/mol. The monoisotopic (exact) mass is 333 g/mol. The first-order chi connectivity index (χ1) is 6.68. The summed E-state index contributed by atoms with van der Waals surface area (Å²) in [6.45, 7) is 0. The number of hydrogen-bond acceptors (Lipinski definition) is 1. The minimum Gasteiger partial charge on any atom is -0.249 e. The Morgan fingerprint density at radius 3 is 2.64 bits per heavy atom. The Morgan fingerprint density at radius 1 is 1.14 bits per heavy atom. The second-order valence-electron chi connectivity index (χ2n) is 2.85. The van der Waals surface area contributed by atoms with E-state index in [1.54, 1.807) is 0 Å². The first-order valence-corrected chi connectivity index (χ1v) is 6.23. The van der Waals surface area contributed by atoms with Crippen molar-refractivity contribution < 1.29 is 0 Å². The zero-order valence-electron chi connectivity index (χ0n) is 7.05. The van der Waals surface area contributed by atoms with Gasteiger partial charge in [-0.15, -0.1) is 0 Å². The van der Waals surface area contributed by atoms with Crippen LogP contribution in [0.1, 0.15) is 9.43 Å². The molecule has 0 fully saturated rings. The molecule has 2 aromatic rings. The van der Waals surface area contributed by atoms with E-state index in [9.17, 15) is 0 Å². The van der Waals surface area contributed by atoms with E-state index >= 15 is 0 Å². The highest BCUT2D eigenvalue weighted by molar-refractivity contribution is 9.24. The van der Waals surface area contributed by atoms with Crippen LogP contribution >= 0.6 is 43.5 Å². The number of hydrogen-bond donors (Lipinski definition) is 0. The van der Waals surface area contributed by atoms with E-state index in [0.717, 1.165) is 16.6 Å². The normalized spacial score (nSPS) is 11.1. The van der Waals surface area contributed by atoms with E-state index in [-0.39, 0.29) is 3.74 Å². The number of nitrogens with zero attached hydrogens (tertiary/aromatic N) is 1. The quantitative estimate of drug-likeness (QED) is 0.690. The van der Waals surface area contributed by atoms with Crippen LogP contribution in [0.3, 0.4) is 0 Å². The van der Waals surface area contributed by atoms with Gasteiger partial charge >= 0.3 is 0 Å². The molecule has 0 saturated carbocycles. The molecule has 4 heteroatoms. The van der Waals surface area contributed by atoms with E-state index < -0.39 is 0 Å². The fourth-order valence-electron chi connectivity index (χ4n) is 1.25. The minimum atomic E-state index is 0.0654. The summed E-state index contributed by atoms with van der Waals surface area (Å²) in [5.41, 5.74) is 1.76. The summed E-state index contributed by atoms with van der Waals surface area (Å²) >= 11 is 12.8. The van der Waals surface area contributed by atoms with Crippen LogP contribution in [-0.4, -0.2) is 4.98 Å². The highest BCUT2D eigenvalue weighted by Gasteiger charge is 2.06. The van der Waals surface area contributed by atoms with Crippen molar-refractivity contribution in [3.63, 3.8) is 0 Å². The summed E-state index contributed by atoms with van der Waals surface area (Å²) in [5, 5.41) is 1.74. The van der Waals surface area contributed by atoms with Gasteiger partial charge in [0, 0.05) is 5.39 Å². The topological polar surface area (TPSA) is 12.9 Å². The Balaban J connectivity index is 2.70. The predicted molar refractivity (Wildman–Crippen MR) is 67.3 cm³/mol. The van der Waals surface area contributed by atoms with Gasteiger partial charge in [0.15, 0.2) is 0 Å². The molecule has 1 heterocycles. The van der Waals surface area contributed by atoms with Crippen molar-refractivity contribution in [3.8, 4) is 0 Å². The summed E-state index contributed by atoms with van der Waals surface area (Å²) in [5.74, 6) is 0. The van der Waals surface area contributed by atoms with Gasteiger partial charge in [0.25, 0.3) is 0 Å². The molecular formula is C10H6Br2ClN. The fraction of sp³-hybridized carbons (Fsp3) is 0.100. The SMILES string of the molecule is Clc1cccc2ccc(C(Br)Br)nc12. The highest BCUT2D eigenvalue weighted by Crippen LogP contribution is 2.30. The van der Waals surface area contributed by atoms with Crippen molar-refractivity contribution in [1.82, 2.24) is 4.98 Å². The van der Waals surface area contributed by atoms with Gasteiger partial charge in [0.1, 0.15) is 3.74 Å². The van der Waals surface area contributed by atoms with Gasteiger partial charge in [-0.05, 0) is 12.1 Å². The van der Waals surface area contributed by atoms with Crippen molar-refractivity contribution in [3.05, 3.63) is 41.0 Å². The average molecular weight is 335 g/mol. The van der Waals surface area contributed by atoms with E-state index in [1.165, 1.54) is 0 Å². The second kappa shape index (κ2) is 4.17. The maximum absolute atomic E-state index is 6.04. The van der Waals surface area contributed by atoms with Crippen LogP contribution in [-0.2, 0) is 0 Å². The molecule has 0 bridgehead atoms. The van der Waals surface area contributed by atoms with Crippen LogP contribution < -0.4 is 0 Å². The molecule has 1 aromatic heterocycles. The van der Waals surface area contributed by atoms with E-state index in [1.807, 2.05) is 30.3 Å². The van der Waals surface area contributed by atoms with Gasteiger partial charge in [-0.25, -0.2) is 4.98 Å². The van der Waals surface area contributed by atoms with E-state index in [2.05, 4.69) is 36.8 Å². The van der Waals surface area contributed by atoms with Crippen molar-refractivity contribution in [2.24, 2.45) is 0 Å². The fourth-order valence-corrected chi connectivity index (χ4v) is 1.98. The van der Waals surface area contributed by atoms with Crippen molar-refractivity contribution in [2.75, 3.05) is 0 Å². The summed E-state index contributed by atoms with van der Waals surface area (Å²) in [6, 6.07) is 9.74. The Morgan fingerprint density at radius 2 is 1.93 bits per heavy atom. The zero-order chi connectivity index (χ0) is 10.1. The summed E-state index contributed by atoms with van der Waals surface area (Å²) < 4.78 is 0.0654. The zero-order valence-corrected chi connectivity index (χ0v) is 11.0. The van der Waals surface area contributed by atoms with Crippen LogP contribution in [0, 0.1) is 0 Å². The lowest BCUT2D eigenvalue weighted by Crippen LogP contribution is -1.88. The summed E-state index contributed by atoms with van der Waals surface area (Å²) in [7, 11) is 0. The Bertz CT molecular complexity index is 471. The van der Waals surface area contributed by atoms with Gasteiger partial charge in [-0.1, -0.05) is 61.7 Å². The Hall–Kier alpha value is -0.120. The molecule has 72 valence electrons. The third kappa shape index (κ3) is 1.95. The highest BCUT2D eigenvalue weighted by atomic mass is 79.9. The Labute approximate surface area is 104 Å². The first-order valence-electron chi connectivity index (χ1n) is 4.02. The van der Waals surface area contributed by atoms with Crippen LogP contribution in [0.4, 0.5) is 0 Å². The lowest BCUT2D eigenvalue weighted by atomic mass is 10.2. The van der Waals surface area contributed by atoms with Crippen molar-refractivity contribution >= 4 is 54.4 Å². The first kappa shape index (κ1) is 10.4. The number of aromatic nitrogens is 1. The molecule has 1 nitrogen and oxygen atoms in total. The molecule has 0 N–H and O–H groups in total. The van der Waals surface area contributed by atoms with Crippen molar-refractivity contribution in [1.29, 1.82) is 0 Å². The van der Waals surface area contributed by atoms with Crippen LogP contribution in [0.2, 0.25) is 5.02 Å².